The molecule has 2 N–H and O–H groups in total. The largest absolute Gasteiger partial charge is 0.378 e. The molecule has 0 aromatic heterocycles. The van der Waals surface area contributed by atoms with Gasteiger partial charge in [0.05, 0.1) is 25.9 Å². The summed E-state index contributed by atoms with van der Waals surface area (Å²) >= 11 is 0. The van der Waals surface area contributed by atoms with E-state index in [2.05, 4.69) is 18.1 Å². The molecule has 2 unspecified atom stereocenters. The van der Waals surface area contributed by atoms with Crippen LogP contribution in [0.4, 0.5) is 0 Å². The van der Waals surface area contributed by atoms with Crippen LogP contribution in [0.3, 0.4) is 0 Å². The third-order valence-electron chi connectivity index (χ3n) is 3.19. The average molecular weight is 284 g/mol. The number of hydrogen-bond acceptors (Lipinski definition) is 4. The highest BCUT2D eigenvalue weighted by atomic mass is 16.5. The van der Waals surface area contributed by atoms with Gasteiger partial charge in [0.1, 0.15) is 0 Å². The quantitative estimate of drug-likeness (QED) is 0.441. The highest BCUT2D eigenvalue weighted by Crippen LogP contribution is 2.17. The van der Waals surface area contributed by atoms with E-state index in [9.17, 15) is 0 Å². The fourth-order valence-electron chi connectivity index (χ4n) is 1.61. The van der Waals surface area contributed by atoms with Gasteiger partial charge in [-0.15, -0.1) is 6.58 Å². The third-order valence-corrected chi connectivity index (χ3v) is 3.19. The zero-order valence-corrected chi connectivity index (χ0v) is 13.7. The molecule has 0 aliphatic carbocycles. The monoisotopic (exact) mass is 284 g/mol. The van der Waals surface area contributed by atoms with Crippen molar-refractivity contribution in [2.75, 3.05) is 40.5 Å². The van der Waals surface area contributed by atoms with Crippen molar-refractivity contribution in [2.24, 2.45) is 5.73 Å². The van der Waals surface area contributed by atoms with E-state index in [1.165, 1.54) is 0 Å². The molecular formula is C16H32N2O2. The molecule has 4 heteroatoms. The van der Waals surface area contributed by atoms with E-state index in [0.29, 0.717) is 13.2 Å². The number of likely N-dealkylation sites (N-methyl/N-ethyl adjacent to an activating group) is 1. The van der Waals surface area contributed by atoms with Crippen LogP contribution in [-0.2, 0) is 9.47 Å². The molecule has 118 valence electrons. The maximum absolute atomic E-state index is 6.05. The van der Waals surface area contributed by atoms with E-state index in [-0.39, 0.29) is 11.6 Å². The molecule has 0 aromatic carbocycles. The Kier molecular flexibility index (Phi) is 9.76. The molecule has 0 heterocycles. The first-order chi connectivity index (χ1) is 9.28. The van der Waals surface area contributed by atoms with Crippen molar-refractivity contribution in [3.63, 3.8) is 0 Å². The second kappa shape index (κ2) is 10.1. The molecule has 0 radical (unpaired) electrons. The molecule has 4 nitrogen and oxygen atoms in total. The van der Waals surface area contributed by atoms with Crippen molar-refractivity contribution >= 4 is 0 Å². The number of nitrogens with zero attached hydrogens (tertiary/aromatic N) is 1. The van der Waals surface area contributed by atoms with Crippen LogP contribution in [0.2, 0.25) is 0 Å². The fourth-order valence-corrected chi connectivity index (χ4v) is 1.61. The standard InChI is InChI=1S/C16H32N2O2/c1-7-16(4,17)9-8-15(14(2)3)20-13-12-19-11-10-18(5)6/h7,15H,1-2,8-13,17H2,3-6H3. The fraction of sp³-hybridized carbons (Fsp3) is 0.750. The minimum atomic E-state index is -0.348. The average Bonchev–Trinajstić information content (AvgIpc) is 2.36. The first kappa shape index (κ1) is 19.3. The SMILES string of the molecule is C=CC(C)(N)CCC(OCCOCCN(C)C)C(=C)C. The van der Waals surface area contributed by atoms with Gasteiger partial charge in [-0.1, -0.05) is 18.2 Å². The lowest BCUT2D eigenvalue weighted by atomic mass is 9.94. The van der Waals surface area contributed by atoms with Gasteiger partial charge in [0, 0.05) is 12.1 Å². The number of ether oxygens (including phenoxy) is 2. The lowest BCUT2D eigenvalue weighted by Gasteiger charge is -2.24. The molecule has 0 fully saturated rings. The molecule has 0 bridgehead atoms. The molecule has 0 saturated carbocycles. The molecule has 0 saturated heterocycles. The van der Waals surface area contributed by atoms with E-state index in [1.54, 1.807) is 6.08 Å². The Bertz CT molecular complexity index is 288. The Morgan fingerprint density at radius 1 is 1.35 bits per heavy atom. The number of nitrogens with two attached hydrogens (primary N) is 1. The summed E-state index contributed by atoms with van der Waals surface area (Å²) in [7, 11) is 4.06. The van der Waals surface area contributed by atoms with Gasteiger partial charge in [0.15, 0.2) is 0 Å². The molecular weight excluding hydrogens is 252 g/mol. The molecule has 0 aliphatic heterocycles. The van der Waals surface area contributed by atoms with Gasteiger partial charge in [-0.25, -0.2) is 0 Å². The summed E-state index contributed by atoms with van der Waals surface area (Å²) in [5, 5.41) is 0. The highest BCUT2D eigenvalue weighted by Gasteiger charge is 2.18. The second-order valence-electron chi connectivity index (χ2n) is 5.87. The Balaban J connectivity index is 3.87. The van der Waals surface area contributed by atoms with Crippen LogP contribution >= 0.6 is 0 Å². The summed E-state index contributed by atoms with van der Waals surface area (Å²) in [5.74, 6) is 0. The summed E-state index contributed by atoms with van der Waals surface area (Å²) in [5.41, 5.74) is 6.73. The van der Waals surface area contributed by atoms with E-state index in [1.807, 2.05) is 27.9 Å². The summed E-state index contributed by atoms with van der Waals surface area (Å²) in [6, 6.07) is 0. The molecule has 0 amide bonds. The van der Waals surface area contributed by atoms with Crippen LogP contribution < -0.4 is 5.73 Å². The predicted octanol–water partition coefficient (Wildman–Crippen LogP) is 2.21. The van der Waals surface area contributed by atoms with Gasteiger partial charge in [0.2, 0.25) is 0 Å². The predicted molar refractivity (Wildman–Crippen MR) is 86.0 cm³/mol. The lowest BCUT2D eigenvalue weighted by Crippen LogP contribution is -2.34. The topological polar surface area (TPSA) is 47.7 Å². The Morgan fingerprint density at radius 2 is 2.00 bits per heavy atom. The van der Waals surface area contributed by atoms with E-state index in [0.717, 1.165) is 31.6 Å². The van der Waals surface area contributed by atoms with Gasteiger partial charge in [0.25, 0.3) is 0 Å². The zero-order chi connectivity index (χ0) is 15.6. The summed E-state index contributed by atoms with van der Waals surface area (Å²) in [6.45, 7) is 14.5. The molecule has 0 aromatic rings. The minimum Gasteiger partial charge on any atom is -0.378 e. The third kappa shape index (κ3) is 10.1. The van der Waals surface area contributed by atoms with E-state index in [4.69, 9.17) is 15.2 Å². The van der Waals surface area contributed by atoms with Gasteiger partial charge in [-0.3, -0.25) is 0 Å². The van der Waals surface area contributed by atoms with Crippen molar-refractivity contribution in [1.82, 2.24) is 4.90 Å². The van der Waals surface area contributed by atoms with Crippen molar-refractivity contribution < 1.29 is 9.47 Å². The molecule has 0 spiro atoms. The smallest absolute Gasteiger partial charge is 0.0781 e. The van der Waals surface area contributed by atoms with Gasteiger partial charge in [-0.2, -0.15) is 0 Å². The number of hydrogen-bond donors (Lipinski definition) is 1. The summed E-state index contributed by atoms with van der Waals surface area (Å²) in [6.07, 6.45) is 3.50. The summed E-state index contributed by atoms with van der Waals surface area (Å²) in [4.78, 5) is 2.09. The van der Waals surface area contributed by atoms with E-state index >= 15 is 0 Å². The molecule has 20 heavy (non-hydrogen) atoms. The van der Waals surface area contributed by atoms with Crippen LogP contribution in [0.15, 0.2) is 24.8 Å². The maximum Gasteiger partial charge on any atom is 0.0781 e. The normalized spacial score (nSPS) is 15.9. The Hall–Kier alpha value is -0.680. The van der Waals surface area contributed by atoms with Crippen molar-refractivity contribution in [1.29, 1.82) is 0 Å². The number of rotatable bonds is 12. The van der Waals surface area contributed by atoms with E-state index < -0.39 is 0 Å². The highest BCUT2D eigenvalue weighted by molar-refractivity contribution is 5.02. The Labute approximate surface area is 124 Å². The van der Waals surface area contributed by atoms with Crippen LogP contribution in [0, 0.1) is 0 Å². The second-order valence-corrected chi connectivity index (χ2v) is 5.87. The van der Waals surface area contributed by atoms with Crippen LogP contribution in [-0.4, -0.2) is 57.0 Å². The van der Waals surface area contributed by atoms with Crippen LogP contribution in [0.5, 0.6) is 0 Å². The first-order valence-electron chi connectivity index (χ1n) is 7.20. The molecule has 0 aliphatic rings. The van der Waals surface area contributed by atoms with Crippen LogP contribution in [0.25, 0.3) is 0 Å². The van der Waals surface area contributed by atoms with Gasteiger partial charge in [-0.05, 0) is 40.8 Å². The van der Waals surface area contributed by atoms with Gasteiger partial charge < -0.3 is 20.1 Å². The lowest BCUT2D eigenvalue weighted by molar-refractivity contribution is 0.0117. The first-order valence-corrected chi connectivity index (χ1v) is 7.20. The minimum absolute atomic E-state index is 0.0373. The molecule has 2 atom stereocenters. The zero-order valence-electron chi connectivity index (χ0n) is 13.7. The summed E-state index contributed by atoms with van der Waals surface area (Å²) < 4.78 is 11.3. The van der Waals surface area contributed by atoms with Crippen molar-refractivity contribution in [2.45, 2.75) is 38.3 Å². The maximum atomic E-state index is 6.05. The van der Waals surface area contributed by atoms with Crippen LogP contribution in [0.1, 0.15) is 26.7 Å². The van der Waals surface area contributed by atoms with Gasteiger partial charge >= 0.3 is 0 Å². The molecule has 0 rings (SSSR count). The van der Waals surface area contributed by atoms with Crippen molar-refractivity contribution in [3.8, 4) is 0 Å². The Morgan fingerprint density at radius 3 is 2.50 bits per heavy atom. The van der Waals surface area contributed by atoms with Crippen molar-refractivity contribution in [3.05, 3.63) is 24.8 Å².